The van der Waals surface area contributed by atoms with Crippen molar-refractivity contribution >= 4 is 19.7 Å². The van der Waals surface area contributed by atoms with E-state index in [4.69, 9.17) is 35.3 Å². The first kappa shape index (κ1) is 44.5. The predicted octanol–water partition coefficient (Wildman–Crippen LogP) is 12.6. The molecular formula is C52H61ClO5Si. The number of hydrogen-bond acceptors (Lipinski definition) is 5. The molecule has 310 valence electrons. The van der Waals surface area contributed by atoms with E-state index >= 15 is 0 Å². The Balaban J connectivity index is 1.49. The second-order valence-corrected chi connectivity index (χ2v) is 22.7. The Bertz CT molecular complexity index is 2060. The molecule has 7 heteroatoms. The van der Waals surface area contributed by atoms with Crippen molar-refractivity contribution < 1.29 is 23.7 Å². The Morgan fingerprint density at radius 3 is 1.46 bits per heavy atom. The summed E-state index contributed by atoms with van der Waals surface area (Å²) in [5, 5.41) is 0.620. The molecule has 5 nitrogen and oxygen atoms in total. The fraction of sp³-hybridized carbons (Fsp3) is 0.385. The smallest absolute Gasteiger partial charge is 0.146 e. The van der Waals surface area contributed by atoms with Crippen LogP contribution in [0.4, 0.5) is 0 Å². The van der Waals surface area contributed by atoms with Crippen LogP contribution in [0.25, 0.3) is 0 Å². The highest BCUT2D eigenvalue weighted by atomic mass is 35.5. The van der Waals surface area contributed by atoms with E-state index in [2.05, 4.69) is 108 Å². The summed E-state index contributed by atoms with van der Waals surface area (Å²) in [7, 11) is -2.11. The number of rotatable bonds is 17. The number of benzene rings is 5. The van der Waals surface area contributed by atoms with Crippen molar-refractivity contribution in [3.05, 3.63) is 177 Å². The van der Waals surface area contributed by atoms with Gasteiger partial charge in [-0.25, -0.2) is 0 Å². The van der Waals surface area contributed by atoms with Crippen molar-refractivity contribution in [3.8, 4) is 11.5 Å². The predicted molar refractivity (Wildman–Crippen MR) is 243 cm³/mol. The van der Waals surface area contributed by atoms with Gasteiger partial charge in [-0.05, 0) is 63.5 Å². The van der Waals surface area contributed by atoms with E-state index in [1.807, 2.05) is 84.9 Å². The molecule has 0 aliphatic carbocycles. The maximum atomic E-state index is 7.35. The van der Waals surface area contributed by atoms with Crippen LogP contribution < -0.4 is 0 Å². The third kappa shape index (κ3) is 11.4. The highest BCUT2D eigenvalue weighted by Gasteiger charge is 2.50. The highest BCUT2D eigenvalue weighted by Crippen LogP contribution is 2.43. The zero-order valence-corrected chi connectivity index (χ0v) is 37.5. The second-order valence-electron chi connectivity index (χ2n) is 16.7. The average Bonchev–Trinajstić information content (AvgIpc) is 3.23. The van der Waals surface area contributed by atoms with E-state index < -0.39 is 38.6 Å². The standard InChI is InChI=1S/C52H61ClO5Si/c1-37(2)59(38(3)4,39(5)6)29-28-46-40(7)30-45(53)31-47(46)49-51(56-34-43-24-16-10-17-25-43)52(57-35-44-26-18-11-19-27-44)50(55-33-42-22-14-9-15-23-42)48(58-49)36-54-32-41-20-12-8-13-21-41/h8-27,30-31,37-39,48-52H,32-36H2,1-7H3/t48-,49-,50-,51-,52+/m1/s1. The van der Waals surface area contributed by atoms with Crippen LogP contribution in [0.5, 0.6) is 0 Å². The molecule has 1 saturated heterocycles. The van der Waals surface area contributed by atoms with Crippen LogP contribution in [0, 0.1) is 18.4 Å². The van der Waals surface area contributed by atoms with Gasteiger partial charge in [-0.2, -0.15) is 0 Å². The lowest BCUT2D eigenvalue weighted by molar-refractivity contribution is -0.275. The van der Waals surface area contributed by atoms with Gasteiger partial charge in [-0.1, -0.05) is 180 Å². The summed E-state index contributed by atoms with van der Waals surface area (Å²) in [4.78, 5) is 0. The van der Waals surface area contributed by atoms with Gasteiger partial charge >= 0.3 is 0 Å². The van der Waals surface area contributed by atoms with Crippen molar-refractivity contribution in [1.29, 1.82) is 0 Å². The zero-order chi connectivity index (χ0) is 41.8. The average molecular weight is 830 g/mol. The summed E-state index contributed by atoms with van der Waals surface area (Å²) < 4.78 is 35.0. The monoisotopic (exact) mass is 828 g/mol. The highest BCUT2D eigenvalue weighted by molar-refractivity contribution is 6.90. The Hall–Kier alpha value is -4.03. The van der Waals surface area contributed by atoms with Crippen molar-refractivity contribution in [2.24, 2.45) is 0 Å². The third-order valence-corrected chi connectivity index (χ3v) is 18.3. The first-order chi connectivity index (χ1) is 28.6. The molecule has 0 unspecified atom stereocenters. The first-order valence-electron chi connectivity index (χ1n) is 21.1. The second kappa shape index (κ2) is 21.5. The fourth-order valence-electron chi connectivity index (χ4n) is 8.81. The van der Waals surface area contributed by atoms with E-state index in [1.165, 1.54) is 0 Å². The van der Waals surface area contributed by atoms with E-state index in [1.54, 1.807) is 0 Å². The quantitative estimate of drug-likeness (QED) is 0.0690. The summed E-state index contributed by atoms with van der Waals surface area (Å²) in [6.07, 6.45) is -2.87. The maximum Gasteiger partial charge on any atom is 0.146 e. The molecule has 5 aromatic rings. The molecule has 0 amide bonds. The Kier molecular flexibility index (Phi) is 16.2. The minimum absolute atomic E-state index is 0.270. The van der Waals surface area contributed by atoms with Gasteiger partial charge < -0.3 is 23.7 Å². The summed E-state index contributed by atoms with van der Waals surface area (Å²) in [5.41, 5.74) is 12.5. The summed E-state index contributed by atoms with van der Waals surface area (Å²) >= 11 is 7.00. The van der Waals surface area contributed by atoms with Gasteiger partial charge in [0.2, 0.25) is 0 Å². The summed E-state index contributed by atoms with van der Waals surface area (Å²) in [6.45, 7) is 17.9. The zero-order valence-electron chi connectivity index (χ0n) is 35.8. The van der Waals surface area contributed by atoms with Gasteiger partial charge in [-0.3, -0.25) is 0 Å². The topological polar surface area (TPSA) is 46.2 Å². The SMILES string of the molecule is Cc1cc(Cl)cc([C@H]2O[C@H](COCc3ccccc3)[C@@H](OCc3ccccc3)[C@H](OCc3ccccc3)[C@@H]2OCc2ccccc2)c1C#C[Si](C(C)C)(C(C)C)C(C)C. The largest absolute Gasteiger partial charge is 0.374 e. The molecule has 0 bridgehead atoms. The van der Waals surface area contributed by atoms with Gasteiger partial charge in [0, 0.05) is 16.1 Å². The molecular weight excluding hydrogens is 768 g/mol. The maximum absolute atomic E-state index is 7.35. The molecule has 1 aliphatic rings. The molecule has 5 aromatic carbocycles. The van der Waals surface area contributed by atoms with Crippen LogP contribution in [0.3, 0.4) is 0 Å². The van der Waals surface area contributed by atoms with Crippen molar-refractivity contribution in [2.75, 3.05) is 6.61 Å². The normalized spacial score (nSPS) is 19.5. The lowest BCUT2D eigenvalue weighted by atomic mass is 9.87. The number of hydrogen-bond donors (Lipinski definition) is 0. The third-order valence-electron chi connectivity index (χ3n) is 11.8. The fourth-order valence-corrected chi connectivity index (χ4v) is 14.3. The van der Waals surface area contributed by atoms with Gasteiger partial charge in [0.05, 0.1) is 33.0 Å². The molecule has 5 atom stereocenters. The van der Waals surface area contributed by atoms with Gasteiger partial charge in [0.1, 0.15) is 38.6 Å². The van der Waals surface area contributed by atoms with E-state index in [0.717, 1.165) is 38.9 Å². The molecule has 1 heterocycles. The Morgan fingerprint density at radius 2 is 1.00 bits per heavy atom. The minimum atomic E-state index is -2.11. The van der Waals surface area contributed by atoms with Crippen LogP contribution in [0.15, 0.2) is 133 Å². The van der Waals surface area contributed by atoms with Crippen molar-refractivity contribution in [3.63, 3.8) is 0 Å². The van der Waals surface area contributed by atoms with Crippen LogP contribution in [0.1, 0.15) is 86.6 Å². The number of halogens is 1. The number of ether oxygens (including phenoxy) is 5. The van der Waals surface area contributed by atoms with Gasteiger partial charge in [0.15, 0.2) is 0 Å². The molecule has 0 N–H and O–H groups in total. The molecule has 1 aliphatic heterocycles. The Morgan fingerprint density at radius 1 is 0.576 bits per heavy atom. The molecule has 0 saturated carbocycles. The molecule has 6 rings (SSSR count). The van der Waals surface area contributed by atoms with Crippen molar-refractivity contribution in [2.45, 2.75) is 122 Å². The summed E-state index contributed by atoms with van der Waals surface area (Å²) in [5.74, 6) is 3.81. The number of aryl methyl sites for hydroxylation is 1. The van der Waals surface area contributed by atoms with Crippen LogP contribution >= 0.6 is 11.6 Å². The van der Waals surface area contributed by atoms with Crippen molar-refractivity contribution in [1.82, 2.24) is 0 Å². The van der Waals surface area contributed by atoms with Crippen LogP contribution in [-0.4, -0.2) is 39.1 Å². The molecule has 59 heavy (non-hydrogen) atoms. The van der Waals surface area contributed by atoms with Gasteiger partial charge in [-0.15, -0.1) is 5.54 Å². The summed E-state index contributed by atoms with van der Waals surface area (Å²) in [6, 6.07) is 45.0. The minimum Gasteiger partial charge on any atom is -0.374 e. The van der Waals surface area contributed by atoms with E-state index in [-0.39, 0.29) is 6.61 Å². The van der Waals surface area contributed by atoms with Crippen LogP contribution in [0.2, 0.25) is 21.6 Å². The molecule has 1 fully saturated rings. The van der Waals surface area contributed by atoms with Gasteiger partial charge in [0.25, 0.3) is 0 Å². The van der Waals surface area contributed by atoms with E-state index in [9.17, 15) is 0 Å². The van der Waals surface area contributed by atoms with E-state index in [0.29, 0.717) is 48.1 Å². The van der Waals surface area contributed by atoms with Crippen LogP contribution in [-0.2, 0) is 50.1 Å². The Labute approximate surface area is 359 Å². The lowest BCUT2D eigenvalue weighted by Crippen LogP contribution is -2.58. The molecule has 0 spiro atoms. The first-order valence-corrected chi connectivity index (χ1v) is 23.7. The molecule has 0 radical (unpaired) electrons. The lowest BCUT2D eigenvalue weighted by Gasteiger charge is -2.46. The molecule has 0 aromatic heterocycles.